The van der Waals surface area contributed by atoms with Crippen LogP contribution in [0.25, 0.3) is 10.9 Å². The number of aryl methyl sites for hydroxylation is 1. The van der Waals surface area contributed by atoms with Gasteiger partial charge >= 0.3 is 6.03 Å². The summed E-state index contributed by atoms with van der Waals surface area (Å²) < 4.78 is 0. The molecule has 0 fully saturated rings. The first-order valence-electron chi connectivity index (χ1n) is 9.36. The molecule has 4 N–H and O–H groups in total. The third-order valence-corrected chi connectivity index (χ3v) is 4.60. The van der Waals surface area contributed by atoms with Crippen molar-refractivity contribution in [2.24, 2.45) is 0 Å². The predicted molar refractivity (Wildman–Crippen MR) is 111 cm³/mol. The molecule has 1 atom stereocenters. The van der Waals surface area contributed by atoms with Crippen molar-refractivity contribution in [1.82, 2.24) is 20.9 Å². The van der Waals surface area contributed by atoms with Gasteiger partial charge in [-0.25, -0.2) is 4.79 Å². The summed E-state index contributed by atoms with van der Waals surface area (Å²) in [6.07, 6.45) is 2.14. The highest BCUT2D eigenvalue weighted by atomic mass is 16.2. The van der Waals surface area contributed by atoms with Crippen LogP contribution in [0.3, 0.4) is 0 Å². The highest BCUT2D eigenvalue weighted by molar-refractivity contribution is 5.89. The number of aromatic nitrogens is 1. The van der Waals surface area contributed by atoms with E-state index in [2.05, 4.69) is 20.9 Å². The molecular formula is C22H23N5O2. The average Bonchev–Trinajstić information content (AvgIpc) is 3.13. The number of carbonyl (C=O) groups excluding carboxylic acids is 2. The predicted octanol–water partition coefficient (Wildman–Crippen LogP) is 2.53. The van der Waals surface area contributed by atoms with E-state index in [0.717, 1.165) is 27.6 Å². The van der Waals surface area contributed by atoms with Gasteiger partial charge < -0.3 is 20.9 Å². The number of hydrogen-bond donors (Lipinski definition) is 4. The molecule has 0 aliphatic carbocycles. The van der Waals surface area contributed by atoms with E-state index in [1.165, 1.54) is 0 Å². The van der Waals surface area contributed by atoms with E-state index in [1.807, 2.05) is 67.7 Å². The van der Waals surface area contributed by atoms with E-state index in [9.17, 15) is 9.59 Å². The van der Waals surface area contributed by atoms with Crippen LogP contribution >= 0.6 is 0 Å². The summed E-state index contributed by atoms with van der Waals surface area (Å²) in [5.74, 6) is -0.400. The van der Waals surface area contributed by atoms with Crippen LogP contribution in [0.1, 0.15) is 16.7 Å². The molecule has 1 unspecified atom stereocenters. The van der Waals surface area contributed by atoms with Crippen molar-refractivity contribution in [3.63, 3.8) is 0 Å². The lowest BCUT2D eigenvalue weighted by atomic mass is 10.0. The number of hydrogen-bond acceptors (Lipinski definition) is 3. The average molecular weight is 389 g/mol. The Morgan fingerprint density at radius 1 is 1.14 bits per heavy atom. The summed E-state index contributed by atoms with van der Waals surface area (Å²) in [7, 11) is 0. The number of carbonyl (C=O) groups is 2. The molecule has 3 rings (SSSR count). The van der Waals surface area contributed by atoms with Gasteiger partial charge in [-0.3, -0.25) is 4.79 Å². The van der Waals surface area contributed by atoms with E-state index in [4.69, 9.17) is 5.26 Å². The molecule has 2 aromatic carbocycles. The van der Waals surface area contributed by atoms with E-state index in [-0.39, 0.29) is 6.54 Å². The van der Waals surface area contributed by atoms with Crippen LogP contribution in [-0.4, -0.2) is 29.5 Å². The number of para-hydroxylation sites is 1. The lowest BCUT2D eigenvalue weighted by Gasteiger charge is -2.18. The molecule has 0 bridgehead atoms. The highest BCUT2D eigenvalue weighted by Crippen LogP contribution is 2.19. The minimum atomic E-state index is -0.805. The number of H-pyrrole nitrogens is 1. The Hall–Kier alpha value is -3.79. The van der Waals surface area contributed by atoms with Crippen LogP contribution in [0.4, 0.5) is 4.79 Å². The Kier molecular flexibility index (Phi) is 6.48. The van der Waals surface area contributed by atoms with Crippen LogP contribution < -0.4 is 16.0 Å². The fourth-order valence-corrected chi connectivity index (χ4v) is 3.19. The molecule has 3 aromatic rings. The topological polar surface area (TPSA) is 110 Å². The molecule has 1 heterocycles. The van der Waals surface area contributed by atoms with Crippen molar-refractivity contribution in [2.75, 3.05) is 6.54 Å². The van der Waals surface area contributed by atoms with Crippen LogP contribution in [0.5, 0.6) is 0 Å². The summed E-state index contributed by atoms with van der Waals surface area (Å²) in [6.45, 7) is 2.23. The van der Waals surface area contributed by atoms with E-state index >= 15 is 0 Å². The maximum atomic E-state index is 12.5. The Morgan fingerprint density at radius 2 is 1.97 bits per heavy atom. The molecule has 7 nitrogen and oxygen atoms in total. The first-order valence-corrected chi connectivity index (χ1v) is 9.36. The first kappa shape index (κ1) is 20.0. The Labute approximate surface area is 169 Å². The Bertz CT molecular complexity index is 1050. The molecule has 0 aliphatic heterocycles. The third-order valence-electron chi connectivity index (χ3n) is 4.60. The van der Waals surface area contributed by atoms with Crippen LogP contribution in [0, 0.1) is 18.3 Å². The second kappa shape index (κ2) is 9.42. The number of nitrogens with one attached hydrogen (secondary N) is 4. The van der Waals surface area contributed by atoms with E-state index in [1.54, 1.807) is 0 Å². The quantitative estimate of drug-likeness (QED) is 0.466. The minimum absolute atomic E-state index is 0.115. The monoisotopic (exact) mass is 389 g/mol. The lowest BCUT2D eigenvalue weighted by Crippen LogP contribution is -2.51. The number of benzene rings is 2. The lowest BCUT2D eigenvalue weighted by molar-refractivity contribution is -0.122. The number of rotatable bonds is 7. The molecule has 0 saturated carbocycles. The molecule has 0 aliphatic rings. The first-order chi connectivity index (χ1) is 14.1. The van der Waals surface area contributed by atoms with Gasteiger partial charge in [0.1, 0.15) is 12.6 Å². The van der Waals surface area contributed by atoms with Gasteiger partial charge in [-0.05, 0) is 24.1 Å². The summed E-state index contributed by atoms with van der Waals surface area (Å²) >= 11 is 0. The number of aromatic amines is 1. The van der Waals surface area contributed by atoms with Gasteiger partial charge in [0.2, 0.25) is 5.91 Å². The Morgan fingerprint density at radius 3 is 2.76 bits per heavy atom. The summed E-state index contributed by atoms with van der Waals surface area (Å²) in [5.41, 5.74) is 3.96. The SMILES string of the molecule is Cc1cccc(CNC(=O)NC(Cc2c[nH]c3ccccc23)C(=O)NCC#N)c1. The van der Waals surface area contributed by atoms with Crippen LogP contribution in [0.2, 0.25) is 0 Å². The van der Waals surface area contributed by atoms with Crippen molar-refractivity contribution in [1.29, 1.82) is 5.26 Å². The van der Waals surface area contributed by atoms with Gasteiger partial charge in [-0.1, -0.05) is 48.0 Å². The molecule has 0 saturated heterocycles. The summed E-state index contributed by atoms with van der Waals surface area (Å²) in [4.78, 5) is 28.1. The maximum Gasteiger partial charge on any atom is 0.315 e. The van der Waals surface area contributed by atoms with Gasteiger partial charge in [-0.2, -0.15) is 5.26 Å². The molecule has 0 radical (unpaired) electrons. The zero-order valence-electron chi connectivity index (χ0n) is 16.2. The number of fused-ring (bicyclic) bond motifs is 1. The molecule has 29 heavy (non-hydrogen) atoms. The molecule has 148 valence electrons. The van der Waals surface area contributed by atoms with Gasteiger partial charge in [0, 0.05) is 30.1 Å². The molecule has 7 heteroatoms. The third kappa shape index (κ3) is 5.36. The number of urea groups is 1. The van der Waals surface area contributed by atoms with Crippen molar-refractivity contribution >= 4 is 22.8 Å². The molecule has 3 amide bonds. The molecular weight excluding hydrogens is 366 g/mol. The Balaban J connectivity index is 1.68. The standard InChI is InChI=1S/C22H23N5O2/c1-15-5-4-6-16(11-15)13-26-22(29)27-20(21(28)24-10-9-23)12-17-14-25-19-8-3-2-7-18(17)19/h2-8,11,14,20,25H,10,12-13H2,1H3,(H,24,28)(H2,26,27,29). The highest BCUT2D eigenvalue weighted by Gasteiger charge is 2.22. The van der Waals surface area contributed by atoms with Crippen molar-refractivity contribution < 1.29 is 9.59 Å². The maximum absolute atomic E-state index is 12.5. The second-order valence-corrected chi connectivity index (χ2v) is 6.81. The molecule has 1 aromatic heterocycles. The number of amides is 3. The fourth-order valence-electron chi connectivity index (χ4n) is 3.19. The molecule has 0 spiro atoms. The van der Waals surface area contributed by atoms with Crippen molar-refractivity contribution in [2.45, 2.75) is 25.9 Å². The zero-order valence-corrected chi connectivity index (χ0v) is 16.2. The summed E-state index contributed by atoms with van der Waals surface area (Å²) in [5, 5.41) is 17.8. The van der Waals surface area contributed by atoms with Gasteiger partial charge in [0.05, 0.1) is 6.07 Å². The number of nitrogens with zero attached hydrogens (tertiary/aromatic N) is 1. The normalized spacial score (nSPS) is 11.4. The van der Waals surface area contributed by atoms with Gasteiger partial charge in [0.15, 0.2) is 0 Å². The van der Waals surface area contributed by atoms with Crippen LogP contribution in [0.15, 0.2) is 54.7 Å². The van der Waals surface area contributed by atoms with Gasteiger partial charge in [-0.15, -0.1) is 0 Å². The van der Waals surface area contributed by atoms with Crippen molar-refractivity contribution in [3.8, 4) is 6.07 Å². The zero-order chi connectivity index (χ0) is 20.6. The van der Waals surface area contributed by atoms with Crippen LogP contribution in [-0.2, 0) is 17.8 Å². The second-order valence-electron chi connectivity index (χ2n) is 6.81. The van der Waals surface area contributed by atoms with E-state index < -0.39 is 18.0 Å². The summed E-state index contributed by atoms with van der Waals surface area (Å²) in [6, 6.07) is 16.2. The largest absolute Gasteiger partial charge is 0.361 e. The van der Waals surface area contributed by atoms with Crippen molar-refractivity contribution in [3.05, 3.63) is 71.4 Å². The van der Waals surface area contributed by atoms with Gasteiger partial charge in [0.25, 0.3) is 0 Å². The number of nitriles is 1. The smallest absolute Gasteiger partial charge is 0.315 e. The van der Waals surface area contributed by atoms with E-state index in [0.29, 0.717) is 13.0 Å². The minimum Gasteiger partial charge on any atom is -0.361 e. The fraction of sp³-hybridized carbons (Fsp3) is 0.227.